The Kier molecular flexibility index (Phi) is 5.34. The molecule has 1 aromatic carbocycles. The average molecular weight is 315 g/mol. The monoisotopic (exact) mass is 315 g/mol. The molecule has 23 heavy (non-hydrogen) atoms. The molecule has 0 fully saturated rings. The molecule has 1 aromatic rings. The molecule has 122 valence electrons. The van der Waals surface area contributed by atoms with Crippen molar-refractivity contribution < 1.29 is 19.4 Å². The number of allylic oxidation sites excluding steroid dienone is 4. The number of methoxy groups -OCH3 is 1. The first kappa shape index (κ1) is 17.0. The summed E-state index contributed by atoms with van der Waals surface area (Å²) in [5.41, 5.74) is 0.440. The van der Waals surface area contributed by atoms with Gasteiger partial charge in [-0.15, -0.1) is 0 Å². The van der Waals surface area contributed by atoms with E-state index in [1.165, 1.54) is 14.0 Å². The molecule has 0 aliphatic heterocycles. The van der Waals surface area contributed by atoms with Crippen molar-refractivity contribution in [3.8, 4) is 11.5 Å². The maximum atomic E-state index is 11.5. The summed E-state index contributed by atoms with van der Waals surface area (Å²) in [5.74, 6) is 0.483. The number of phenolic OH excluding ortho intramolecular Hbond substituents is 1. The fourth-order valence-corrected chi connectivity index (χ4v) is 2.60. The molecule has 0 aromatic heterocycles. The van der Waals surface area contributed by atoms with Gasteiger partial charge in [-0.25, -0.2) is 0 Å². The van der Waals surface area contributed by atoms with Gasteiger partial charge in [0.25, 0.3) is 0 Å². The van der Waals surface area contributed by atoms with Gasteiger partial charge in [0.15, 0.2) is 17.3 Å². The van der Waals surface area contributed by atoms with E-state index in [9.17, 15) is 14.7 Å². The van der Waals surface area contributed by atoms with Crippen LogP contribution in [0.25, 0.3) is 0 Å². The van der Waals surface area contributed by atoms with Crippen LogP contribution in [0.3, 0.4) is 0 Å². The first-order valence-corrected chi connectivity index (χ1v) is 7.47. The van der Waals surface area contributed by atoms with E-state index in [-0.39, 0.29) is 17.3 Å². The van der Waals surface area contributed by atoms with Gasteiger partial charge in [0.2, 0.25) is 0 Å². The summed E-state index contributed by atoms with van der Waals surface area (Å²) < 4.78 is 5.17. The quantitative estimate of drug-likeness (QED) is 0.752. The minimum absolute atomic E-state index is 0.0527. The zero-order valence-corrected chi connectivity index (χ0v) is 13.3. The van der Waals surface area contributed by atoms with Crippen molar-refractivity contribution >= 4 is 11.6 Å². The topological polar surface area (TPSA) is 75.6 Å². The second-order valence-corrected chi connectivity index (χ2v) is 5.62. The number of nitrogens with one attached hydrogen (secondary N) is 1. The Labute approximate surface area is 135 Å². The average Bonchev–Trinajstić information content (AvgIpc) is 2.54. The van der Waals surface area contributed by atoms with Crippen LogP contribution < -0.4 is 10.1 Å². The molecular formula is C18H21NO4. The van der Waals surface area contributed by atoms with Crippen LogP contribution in [-0.4, -0.2) is 36.9 Å². The highest BCUT2D eigenvalue weighted by atomic mass is 16.5. The van der Waals surface area contributed by atoms with Gasteiger partial charge in [-0.2, -0.15) is 0 Å². The summed E-state index contributed by atoms with van der Waals surface area (Å²) in [7, 11) is 1.50. The van der Waals surface area contributed by atoms with Crippen LogP contribution in [-0.2, 0) is 15.0 Å². The van der Waals surface area contributed by atoms with E-state index in [2.05, 4.69) is 5.32 Å². The van der Waals surface area contributed by atoms with Crippen LogP contribution >= 0.6 is 0 Å². The van der Waals surface area contributed by atoms with E-state index in [0.717, 1.165) is 5.56 Å². The molecule has 0 bridgehead atoms. The van der Waals surface area contributed by atoms with Gasteiger partial charge < -0.3 is 15.2 Å². The van der Waals surface area contributed by atoms with Crippen molar-refractivity contribution in [3.05, 3.63) is 48.1 Å². The van der Waals surface area contributed by atoms with Gasteiger partial charge in [-0.1, -0.05) is 18.2 Å². The third kappa shape index (κ3) is 4.07. The van der Waals surface area contributed by atoms with Gasteiger partial charge >= 0.3 is 0 Å². The minimum Gasteiger partial charge on any atom is -0.504 e. The summed E-state index contributed by atoms with van der Waals surface area (Å²) in [6, 6.07) is 5.16. The van der Waals surface area contributed by atoms with Crippen LogP contribution in [0.1, 0.15) is 18.9 Å². The molecular weight excluding hydrogens is 294 g/mol. The Hall–Kier alpha value is -2.40. The van der Waals surface area contributed by atoms with Gasteiger partial charge in [0.1, 0.15) is 5.78 Å². The van der Waals surface area contributed by atoms with Crippen molar-refractivity contribution in [1.29, 1.82) is 0 Å². The zero-order chi connectivity index (χ0) is 16.9. The van der Waals surface area contributed by atoms with Crippen LogP contribution in [0, 0.1) is 0 Å². The number of ether oxygens (including phenoxy) is 1. The van der Waals surface area contributed by atoms with Crippen molar-refractivity contribution in [2.24, 2.45) is 0 Å². The predicted molar refractivity (Wildman–Crippen MR) is 87.8 cm³/mol. The summed E-state index contributed by atoms with van der Waals surface area (Å²) in [6.45, 7) is 2.47. The standard InChI is InChI=1S/C18H21NO4/c1-13(20)12-19-10-9-18(7-5-15(21)6-8-18)14-3-4-16(22)17(11-14)23-2/h3-8,11,19,22H,9-10,12H2,1-2H3. The fraction of sp³-hybridized carbons (Fsp3) is 0.333. The normalized spacial score (nSPS) is 15.7. The molecule has 2 N–H and O–H groups in total. The number of rotatable bonds is 7. The van der Waals surface area contributed by atoms with E-state index >= 15 is 0 Å². The highest BCUT2D eigenvalue weighted by molar-refractivity contribution is 6.00. The Bertz CT molecular complexity index is 645. The molecule has 5 nitrogen and oxygen atoms in total. The molecule has 0 unspecified atom stereocenters. The second kappa shape index (κ2) is 7.24. The SMILES string of the molecule is COc1cc(C2(CCNCC(C)=O)C=CC(=O)C=C2)ccc1O. The highest BCUT2D eigenvalue weighted by Gasteiger charge is 2.29. The third-order valence-corrected chi connectivity index (χ3v) is 3.90. The van der Waals surface area contributed by atoms with E-state index in [0.29, 0.717) is 25.3 Å². The molecule has 1 aliphatic carbocycles. The first-order valence-electron chi connectivity index (χ1n) is 7.47. The van der Waals surface area contributed by atoms with E-state index in [1.54, 1.807) is 24.3 Å². The summed E-state index contributed by atoms with van der Waals surface area (Å²) in [4.78, 5) is 22.5. The maximum absolute atomic E-state index is 11.5. The molecule has 0 heterocycles. The van der Waals surface area contributed by atoms with E-state index in [4.69, 9.17) is 4.74 Å². The largest absolute Gasteiger partial charge is 0.504 e. The fourth-order valence-electron chi connectivity index (χ4n) is 2.60. The number of carbonyl (C=O) groups is 2. The molecule has 2 rings (SSSR count). The minimum atomic E-state index is -0.474. The zero-order valence-electron chi connectivity index (χ0n) is 13.3. The smallest absolute Gasteiger partial charge is 0.178 e. The maximum Gasteiger partial charge on any atom is 0.178 e. The van der Waals surface area contributed by atoms with Gasteiger partial charge in [-0.05, 0) is 49.7 Å². The lowest BCUT2D eigenvalue weighted by atomic mass is 9.74. The third-order valence-electron chi connectivity index (χ3n) is 3.90. The lowest BCUT2D eigenvalue weighted by Crippen LogP contribution is -2.31. The van der Waals surface area contributed by atoms with Crippen molar-refractivity contribution in [2.75, 3.05) is 20.2 Å². The van der Waals surface area contributed by atoms with Crippen molar-refractivity contribution in [3.63, 3.8) is 0 Å². The van der Waals surface area contributed by atoms with Crippen LogP contribution in [0.5, 0.6) is 11.5 Å². The molecule has 1 aliphatic rings. The highest BCUT2D eigenvalue weighted by Crippen LogP contribution is 2.37. The van der Waals surface area contributed by atoms with E-state index in [1.807, 2.05) is 18.2 Å². The summed E-state index contributed by atoms with van der Waals surface area (Å²) in [5, 5.41) is 12.9. The summed E-state index contributed by atoms with van der Waals surface area (Å²) in [6.07, 6.45) is 7.48. The number of aromatic hydroxyl groups is 1. The molecule has 0 atom stereocenters. The van der Waals surface area contributed by atoms with Gasteiger partial charge in [0, 0.05) is 5.41 Å². The Balaban J connectivity index is 2.27. The van der Waals surface area contributed by atoms with E-state index < -0.39 is 5.41 Å². The first-order chi connectivity index (χ1) is 11.0. The number of ketones is 2. The second-order valence-electron chi connectivity index (χ2n) is 5.62. The number of hydrogen-bond donors (Lipinski definition) is 2. The molecule has 0 saturated carbocycles. The lowest BCUT2D eigenvalue weighted by molar-refractivity contribution is -0.116. The number of phenols is 1. The van der Waals surface area contributed by atoms with Crippen molar-refractivity contribution in [1.82, 2.24) is 5.32 Å². The molecule has 0 radical (unpaired) electrons. The number of Topliss-reactive ketones (excluding diaryl/α,β-unsaturated/α-hetero) is 1. The Morgan fingerprint density at radius 2 is 2.00 bits per heavy atom. The van der Waals surface area contributed by atoms with Gasteiger partial charge in [-0.3, -0.25) is 9.59 Å². The molecule has 0 spiro atoms. The predicted octanol–water partition coefficient (Wildman–Crippen LogP) is 1.90. The Morgan fingerprint density at radius 1 is 1.30 bits per heavy atom. The summed E-state index contributed by atoms with van der Waals surface area (Å²) >= 11 is 0. The van der Waals surface area contributed by atoms with Crippen LogP contribution in [0.15, 0.2) is 42.5 Å². The molecule has 0 saturated heterocycles. The van der Waals surface area contributed by atoms with Crippen LogP contribution in [0.2, 0.25) is 0 Å². The number of carbonyl (C=O) groups excluding carboxylic acids is 2. The number of hydrogen-bond acceptors (Lipinski definition) is 5. The lowest BCUT2D eigenvalue weighted by Gasteiger charge is -2.30. The van der Waals surface area contributed by atoms with Crippen molar-refractivity contribution in [2.45, 2.75) is 18.8 Å². The molecule has 5 heteroatoms. The number of benzene rings is 1. The Morgan fingerprint density at radius 3 is 2.61 bits per heavy atom. The van der Waals surface area contributed by atoms with Crippen LogP contribution in [0.4, 0.5) is 0 Å². The molecule has 0 amide bonds. The van der Waals surface area contributed by atoms with Gasteiger partial charge in [0.05, 0.1) is 13.7 Å².